The molecule has 0 amide bonds. The van der Waals surface area contributed by atoms with Crippen LogP contribution in [0.5, 0.6) is 0 Å². The Bertz CT molecular complexity index is 719. The summed E-state index contributed by atoms with van der Waals surface area (Å²) in [4.78, 5) is 19.5. The standard InChI is InChI=1S/C13H9N3O2/c17-13(18)11-4-1-5-12-15-10(8-16(11)12)9-3-2-6-14-7-9/h1-8H,(H,17,18). The lowest BCUT2D eigenvalue weighted by molar-refractivity contribution is 0.0689. The number of carbonyl (C=O) groups is 1. The molecule has 0 aliphatic heterocycles. The summed E-state index contributed by atoms with van der Waals surface area (Å²) in [5.74, 6) is -0.976. The number of fused-ring (bicyclic) bond motifs is 1. The van der Waals surface area contributed by atoms with E-state index in [0.717, 1.165) is 5.56 Å². The van der Waals surface area contributed by atoms with Crippen molar-refractivity contribution in [3.8, 4) is 11.3 Å². The van der Waals surface area contributed by atoms with Gasteiger partial charge in [0.1, 0.15) is 11.3 Å². The molecule has 0 atom stereocenters. The second-order valence-corrected chi connectivity index (χ2v) is 3.81. The SMILES string of the molecule is O=C(O)c1cccc2nc(-c3cccnc3)cn12. The van der Waals surface area contributed by atoms with Crippen LogP contribution < -0.4 is 0 Å². The van der Waals surface area contributed by atoms with E-state index in [-0.39, 0.29) is 5.69 Å². The zero-order valence-corrected chi connectivity index (χ0v) is 9.32. The number of hydrogen-bond acceptors (Lipinski definition) is 3. The maximum absolute atomic E-state index is 11.1. The van der Waals surface area contributed by atoms with Crippen LogP contribution in [0.15, 0.2) is 48.9 Å². The molecule has 1 N–H and O–H groups in total. The van der Waals surface area contributed by atoms with Crippen LogP contribution in [0.2, 0.25) is 0 Å². The van der Waals surface area contributed by atoms with Crippen molar-refractivity contribution in [1.82, 2.24) is 14.4 Å². The van der Waals surface area contributed by atoms with Crippen LogP contribution in [0.1, 0.15) is 10.5 Å². The maximum Gasteiger partial charge on any atom is 0.352 e. The van der Waals surface area contributed by atoms with E-state index < -0.39 is 5.97 Å². The lowest BCUT2D eigenvalue weighted by Crippen LogP contribution is -2.03. The lowest BCUT2D eigenvalue weighted by Gasteiger charge is -1.97. The third kappa shape index (κ3) is 1.62. The van der Waals surface area contributed by atoms with Gasteiger partial charge in [-0.05, 0) is 24.3 Å². The molecule has 18 heavy (non-hydrogen) atoms. The number of pyridine rings is 2. The van der Waals surface area contributed by atoms with Crippen LogP contribution in [0.25, 0.3) is 16.9 Å². The first-order valence-corrected chi connectivity index (χ1v) is 5.37. The Balaban J connectivity index is 2.23. The Hall–Kier alpha value is -2.69. The molecule has 0 fully saturated rings. The average molecular weight is 239 g/mol. The summed E-state index contributed by atoms with van der Waals surface area (Å²) in [7, 11) is 0. The number of hydrogen-bond donors (Lipinski definition) is 1. The largest absolute Gasteiger partial charge is 0.477 e. The van der Waals surface area contributed by atoms with E-state index in [1.165, 1.54) is 0 Å². The molecule has 88 valence electrons. The molecule has 0 aliphatic rings. The number of imidazole rings is 1. The summed E-state index contributed by atoms with van der Waals surface area (Å²) in [5, 5.41) is 9.10. The third-order valence-electron chi connectivity index (χ3n) is 2.67. The molecule has 0 radical (unpaired) electrons. The Morgan fingerprint density at radius 2 is 2.11 bits per heavy atom. The predicted molar refractivity (Wildman–Crippen MR) is 65.4 cm³/mol. The van der Waals surface area contributed by atoms with Gasteiger partial charge in [-0.1, -0.05) is 6.07 Å². The second kappa shape index (κ2) is 3.96. The van der Waals surface area contributed by atoms with E-state index in [9.17, 15) is 4.79 Å². The summed E-state index contributed by atoms with van der Waals surface area (Å²) in [6.45, 7) is 0. The number of carboxylic acids is 1. The van der Waals surface area contributed by atoms with Gasteiger partial charge in [-0.15, -0.1) is 0 Å². The van der Waals surface area contributed by atoms with Gasteiger partial charge in [-0.3, -0.25) is 9.38 Å². The molecule has 0 spiro atoms. The number of nitrogens with zero attached hydrogens (tertiary/aromatic N) is 3. The summed E-state index contributed by atoms with van der Waals surface area (Å²) < 4.78 is 1.56. The molecule has 0 aliphatic carbocycles. The van der Waals surface area contributed by atoms with Gasteiger partial charge in [0.05, 0.1) is 5.69 Å². The minimum absolute atomic E-state index is 0.190. The van der Waals surface area contributed by atoms with Gasteiger partial charge >= 0.3 is 5.97 Å². The van der Waals surface area contributed by atoms with E-state index in [1.54, 1.807) is 41.2 Å². The molecule has 0 saturated carbocycles. The van der Waals surface area contributed by atoms with E-state index in [1.807, 2.05) is 12.1 Å². The number of aromatic nitrogens is 3. The maximum atomic E-state index is 11.1. The fourth-order valence-corrected chi connectivity index (χ4v) is 1.84. The Morgan fingerprint density at radius 3 is 2.83 bits per heavy atom. The molecule has 3 aromatic heterocycles. The summed E-state index contributed by atoms with van der Waals surface area (Å²) in [5.41, 5.74) is 2.36. The second-order valence-electron chi connectivity index (χ2n) is 3.81. The fraction of sp³-hybridized carbons (Fsp3) is 0. The molecule has 5 nitrogen and oxygen atoms in total. The number of aromatic carboxylic acids is 1. The van der Waals surface area contributed by atoms with Crippen LogP contribution in [0, 0.1) is 0 Å². The molecule has 3 aromatic rings. The van der Waals surface area contributed by atoms with E-state index in [0.29, 0.717) is 11.3 Å². The first-order chi connectivity index (χ1) is 8.75. The molecule has 0 aromatic carbocycles. The lowest BCUT2D eigenvalue weighted by atomic mass is 10.2. The van der Waals surface area contributed by atoms with Crippen molar-refractivity contribution in [2.75, 3.05) is 0 Å². The third-order valence-corrected chi connectivity index (χ3v) is 2.67. The zero-order valence-electron chi connectivity index (χ0n) is 9.32. The van der Waals surface area contributed by atoms with Gasteiger partial charge in [0.25, 0.3) is 0 Å². The van der Waals surface area contributed by atoms with E-state index >= 15 is 0 Å². The van der Waals surface area contributed by atoms with Crippen molar-refractivity contribution in [3.63, 3.8) is 0 Å². The number of carboxylic acid groups (broad SMARTS) is 1. The molecular weight excluding hydrogens is 230 g/mol. The highest BCUT2D eigenvalue weighted by Gasteiger charge is 2.11. The van der Waals surface area contributed by atoms with Crippen LogP contribution in [-0.2, 0) is 0 Å². The Kier molecular flexibility index (Phi) is 2.30. The van der Waals surface area contributed by atoms with E-state index in [2.05, 4.69) is 9.97 Å². The quantitative estimate of drug-likeness (QED) is 0.743. The molecule has 3 rings (SSSR count). The highest BCUT2D eigenvalue weighted by atomic mass is 16.4. The highest BCUT2D eigenvalue weighted by molar-refractivity contribution is 5.86. The average Bonchev–Trinajstić information content (AvgIpc) is 2.83. The van der Waals surface area contributed by atoms with Crippen molar-refractivity contribution >= 4 is 11.6 Å². The van der Waals surface area contributed by atoms with E-state index in [4.69, 9.17) is 5.11 Å². The molecule has 0 unspecified atom stereocenters. The van der Waals surface area contributed by atoms with Crippen LogP contribution in [0.4, 0.5) is 0 Å². The zero-order chi connectivity index (χ0) is 12.5. The highest BCUT2D eigenvalue weighted by Crippen LogP contribution is 2.18. The topological polar surface area (TPSA) is 67.5 Å². The van der Waals surface area contributed by atoms with Crippen molar-refractivity contribution in [2.45, 2.75) is 0 Å². The van der Waals surface area contributed by atoms with Crippen LogP contribution in [0.3, 0.4) is 0 Å². The van der Waals surface area contributed by atoms with Crippen molar-refractivity contribution < 1.29 is 9.90 Å². The van der Waals surface area contributed by atoms with Gasteiger partial charge < -0.3 is 5.11 Å². The smallest absolute Gasteiger partial charge is 0.352 e. The monoisotopic (exact) mass is 239 g/mol. The van der Waals surface area contributed by atoms with Gasteiger partial charge in [0.2, 0.25) is 0 Å². The first-order valence-electron chi connectivity index (χ1n) is 5.37. The Labute approximate surface area is 102 Å². The molecule has 0 bridgehead atoms. The predicted octanol–water partition coefficient (Wildman–Crippen LogP) is 2.09. The van der Waals surface area contributed by atoms with Crippen molar-refractivity contribution in [2.24, 2.45) is 0 Å². The fourth-order valence-electron chi connectivity index (χ4n) is 1.84. The van der Waals surface area contributed by atoms with Crippen LogP contribution in [-0.4, -0.2) is 25.4 Å². The van der Waals surface area contributed by atoms with Crippen molar-refractivity contribution in [1.29, 1.82) is 0 Å². The molecular formula is C13H9N3O2. The van der Waals surface area contributed by atoms with Gasteiger partial charge in [0, 0.05) is 24.2 Å². The summed E-state index contributed by atoms with van der Waals surface area (Å²) in [6.07, 6.45) is 5.08. The van der Waals surface area contributed by atoms with Crippen LogP contribution >= 0.6 is 0 Å². The van der Waals surface area contributed by atoms with Gasteiger partial charge in [-0.2, -0.15) is 0 Å². The van der Waals surface area contributed by atoms with Crippen molar-refractivity contribution in [3.05, 3.63) is 54.6 Å². The summed E-state index contributed by atoms with van der Waals surface area (Å²) in [6, 6.07) is 8.70. The first kappa shape index (κ1) is 10.5. The normalized spacial score (nSPS) is 10.7. The molecule has 0 saturated heterocycles. The minimum Gasteiger partial charge on any atom is -0.477 e. The number of rotatable bonds is 2. The minimum atomic E-state index is -0.976. The van der Waals surface area contributed by atoms with Gasteiger partial charge in [-0.25, -0.2) is 9.78 Å². The summed E-state index contributed by atoms with van der Waals surface area (Å²) >= 11 is 0. The van der Waals surface area contributed by atoms with Gasteiger partial charge in [0.15, 0.2) is 0 Å². The molecule has 3 heterocycles. The molecule has 5 heteroatoms. The Morgan fingerprint density at radius 1 is 1.22 bits per heavy atom.